The minimum Gasteiger partial charge on any atom is -0.381 e. The number of nitrogens with one attached hydrogen (secondary N) is 1. The molecule has 0 saturated heterocycles. The van der Waals surface area contributed by atoms with Crippen molar-refractivity contribution in [3.8, 4) is 0 Å². The lowest BCUT2D eigenvalue weighted by atomic mass is 9.97. The van der Waals surface area contributed by atoms with E-state index in [0.717, 1.165) is 12.8 Å². The van der Waals surface area contributed by atoms with Gasteiger partial charge in [-0.05, 0) is 38.3 Å². The van der Waals surface area contributed by atoms with E-state index in [4.69, 9.17) is 10.5 Å². The minimum atomic E-state index is -0.672. The number of hydrogen-bond acceptors (Lipinski definition) is 3. The Morgan fingerprint density at radius 1 is 1.30 bits per heavy atom. The number of hydrogen-bond donors (Lipinski definition) is 2. The second-order valence-corrected chi connectivity index (χ2v) is 5.18. The molecule has 1 atom stereocenters. The molecule has 0 aromatic heterocycles. The first-order valence-corrected chi connectivity index (χ1v) is 7.25. The van der Waals surface area contributed by atoms with Crippen LogP contribution in [0.5, 0.6) is 0 Å². The summed E-state index contributed by atoms with van der Waals surface area (Å²) in [6.07, 6.45) is 2.60. The van der Waals surface area contributed by atoms with Crippen molar-refractivity contribution in [1.82, 2.24) is 5.32 Å². The van der Waals surface area contributed by atoms with Gasteiger partial charge in [-0.2, -0.15) is 0 Å². The molecule has 0 heterocycles. The van der Waals surface area contributed by atoms with Gasteiger partial charge in [0.1, 0.15) is 0 Å². The Kier molecular flexibility index (Phi) is 7.26. The van der Waals surface area contributed by atoms with E-state index in [2.05, 4.69) is 17.4 Å². The van der Waals surface area contributed by atoms with E-state index >= 15 is 0 Å². The highest BCUT2D eigenvalue weighted by atomic mass is 16.5. The molecule has 0 aliphatic heterocycles. The third kappa shape index (κ3) is 5.72. The Morgan fingerprint density at radius 3 is 2.60 bits per heavy atom. The fraction of sp³-hybridized carbons (Fsp3) is 0.562. The summed E-state index contributed by atoms with van der Waals surface area (Å²) in [5.74, 6) is -0.327. The number of rotatable bonds is 10. The predicted octanol–water partition coefficient (Wildman–Crippen LogP) is 1.88. The Hall–Kier alpha value is -1.39. The van der Waals surface area contributed by atoms with Gasteiger partial charge >= 0.3 is 0 Å². The van der Waals surface area contributed by atoms with Crippen molar-refractivity contribution >= 4 is 5.91 Å². The minimum absolute atomic E-state index is 0.327. The molecule has 1 aromatic rings. The first kappa shape index (κ1) is 16.7. The average Bonchev–Trinajstić information content (AvgIpc) is 2.44. The van der Waals surface area contributed by atoms with Crippen LogP contribution in [0.3, 0.4) is 0 Å². The number of benzene rings is 1. The van der Waals surface area contributed by atoms with Gasteiger partial charge in [-0.1, -0.05) is 37.3 Å². The molecule has 0 spiro atoms. The molecule has 112 valence electrons. The van der Waals surface area contributed by atoms with Crippen LogP contribution in [-0.4, -0.2) is 31.2 Å². The number of ether oxygens (including phenoxy) is 1. The van der Waals surface area contributed by atoms with Crippen LogP contribution in [0.25, 0.3) is 0 Å². The van der Waals surface area contributed by atoms with Crippen LogP contribution in [0.4, 0.5) is 0 Å². The number of likely N-dealkylation sites (N-methyl/N-ethyl adjacent to an activating group) is 1. The van der Waals surface area contributed by atoms with Crippen LogP contribution < -0.4 is 11.1 Å². The number of carbonyl (C=O) groups is 1. The topological polar surface area (TPSA) is 64.3 Å². The molecule has 0 aliphatic rings. The fourth-order valence-corrected chi connectivity index (χ4v) is 2.09. The Morgan fingerprint density at radius 2 is 2.00 bits per heavy atom. The summed E-state index contributed by atoms with van der Waals surface area (Å²) in [4.78, 5) is 11.4. The molecule has 1 rings (SSSR count). The van der Waals surface area contributed by atoms with E-state index in [-0.39, 0.29) is 5.91 Å². The summed E-state index contributed by atoms with van der Waals surface area (Å²) in [5.41, 5.74) is 6.07. The molecule has 1 aromatic carbocycles. The van der Waals surface area contributed by atoms with E-state index in [9.17, 15) is 4.79 Å². The second kappa shape index (κ2) is 8.72. The van der Waals surface area contributed by atoms with Crippen molar-refractivity contribution in [3.63, 3.8) is 0 Å². The maximum absolute atomic E-state index is 11.4. The number of aryl methyl sites for hydroxylation is 1. The maximum Gasteiger partial charge on any atom is 0.237 e. The van der Waals surface area contributed by atoms with Gasteiger partial charge in [-0.15, -0.1) is 0 Å². The van der Waals surface area contributed by atoms with Crippen LogP contribution in [-0.2, 0) is 16.0 Å². The van der Waals surface area contributed by atoms with Gasteiger partial charge in [0.25, 0.3) is 0 Å². The zero-order valence-corrected chi connectivity index (χ0v) is 12.5. The number of nitrogens with two attached hydrogens (primary N) is 1. The quantitative estimate of drug-likeness (QED) is 0.642. The molecule has 0 radical (unpaired) electrons. The number of amides is 1. The van der Waals surface area contributed by atoms with Gasteiger partial charge in [0.05, 0.1) is 5.54 Å². The molecule has 1 amide bonds. The Balaban J connectivity index is 2.16. The van der Waals surface area contributed by atoms with Crippen LogP contribution >= 0.6 is 0 Å². The van der Waals surface area contributed by atoms with Gasteiger partial charge in [-0.25, -0.2) is 0 Å². The Labute approximate surface area is 121 Å². The van der Waals surface area contributed by atoms with E-state index in [0.29, 0.717) is 26.2 Å². The average molecular weight is 278 g/mol. The monoisotopic (exact) mass is 278 g/mol. The van der Waals surface area contributed by atoms with E-state index in [1.807, 2.05) is 32.0 Å². The van der Waals surface area contributed by atoms with E-state index in [1.165, 1.54) is 5.56 Å². The smallest absolute Gasteiger partial charge is 0.237 e. The highest BCUT2D eigenvalue weighted by Gasteiger charge is 2.29. The van der Waals surface area contributed by atoms with Crippen molar-refractivity contribution in [3.05, 3.63) is 35.9 Å². The molecular weight excluding hydrogens is 252 g/mol. The molecular formula is C16H26N2O2. The Bertz CT molecular complexity index is 395. The fourth-order valence-electron chi connectivity index (χ4n) is 2.09. The van der Waals surface area contributed by atoms with Crippen molar-refractivity contribution in [1.29, 1.82) is 0 Å². The molecule has 0 saturated carbocycles. The van der Waals surface area contributed by atoms with Crippen molar-refractivity contribution in [2.45, 2.75) is 38.6 Å². The van der Waals surface area contributed by atoms with E-state index in [1.54, 1.807) is 0 Å². The summed E-state index contributed by atoms with van der Waals surface area (Å²) < 4.78 is 5.60. The van der Waals surface area contributed by atoms with Crippen LogP contribution in [0.15, 0.2) is 30.3 Å². The summed E-state index contributed by atoms with van der Waals surface area (Å²) in [6, 6.07) is 10.4. The third-order valence-electron chi connectivity index (χ3n) is 3.45. The molecule has 0 bridgehead atoms. The first-order chi connectivity index (χ1) is 9.58. The van der Waals surface area contributed by atoms with Crippen molar-refractivity contribution in [2.75, 3.05) is 19.8 Å². The van der Waals surface area contributed by atoms with Crippen molar-refractivity contribution in [2.24, 2.45) is 5.73 Å². The summed E-state index contributed by atoms with van der Waals surface area (Å²) in [6.45, 7) is 5.75. The zero-order valence-electron chi connectivity index (χ0n) is 12.5. The van der Waals surface area contributed by atoms with E-state index < -0.39 is 5.54 Å². The summed E-state index contributed by atoms with van der Waals surface area (Å²) >= 11 is 0. The molecule has 3 N–H and O–H groups in total. The van der Waals surface area contributed by atoms with Gasteiger partial charge in [0.15, 0.2) is 0 Å². The lowest BCUT2D eigenvalue weighted by molar-refractivity contribution is -0.124. The molecule has 4 nitrogen and oxygen atoms in total. The van der Waals surface area contributed by atoms with Gasteiger partial charge < -0.3 is 15.8 Å². The number of primary amides is 1. The van der Waals surface area contributed by atoms with Gasteiger partial charge in [-0.3, -0.25) is 4.79 Å². The molecule has 0 fully saturated rings. The summed E-state index contributed by atoms with van der Waals surface area (Å²) in [7, 11) is 0. The van der Waals surface area contributed by atoms with Crippen LogP contribution in [0.2, 0.25) is 0 Å². The molecule has 0 aliphatic carbocycles. The largest absolute Gasteiger partial charge is 0.381 e. The van der Waals surface area contributed by atoms with Crippen molar-refractivity contribution < 1.29 is 9.53 Å². The van der Waals surface area contributed by atoms with Gasteiger partial charge in [0, 0.05) is 13.2 Å². The molecule has 20 heavy (non-hydrogen) atoms. The first-order valence-electron chi connectivity index (χ1n) is 7.25. The summed E-state index contributed by atoms with van der Waals surface area (Å²) in [5, 5.41) is 3.12. The second-order valence-electron chi connectivity index (χ2n) is 5.18. The lowest BCUT2D eigenvalue weighted by Crippen LogP contribution is -2.53. The lowest BCUT2D eigenvalue weighted by Gasteiger charge is -2.26. The zero-order chi connectivity index (χ0) is 14.8. The highest BCUT2D eigenvalue weighted by molar-refractivity contribution is 5.84. The highest BCUT2D eigenvalue weighted by Crippen LogP contribution is 2.09. The molecule has 4 heteroatoms. The van der Waals surface area contributed by atoms with Crippen LogP contribution in [0, 0.1) is 0 Å². The normalized spacial score (nSPS) is 13.9. The number of carbonyl (C=O) groups excluding carboxylic acids is 1. The molecule has 1 unspecified atom stereocenters. The standard InChI is InChI=1S/C16H26N2O2/c1-3-18-16(2,15(17)19)11-13-20-12-7-10-14-8-5-4-6-9-14/h4-6,8-9,18H,3,7,10-13H2,1-2H3,(H2,17,19). The SMILES string of the molecule is CCNC(C)(CCOCCCc1ccccc1)C(N)=O. The predicted molar refractivity (Wildman–Crippen MR) is 81.5 cm³/mol. The van der Waals surface area contributed by atoms with Crippen LogP contribution in [0.1, 0.15) is 32.3 Å². The maximum atomic E-state index is 11.4. The third-order valence-corrected chi connectivity index (χ3v) is 3.45. The van der Waals surface area contributed by atoms with Gasteiger partial charge in [0.2, 0.25) is 5.91 Å².